The van der Waals surface area contributed by atoms with Crippen molar-refractivity contribution in [3.05, 3.63) is 39.3 Å². The lowest BCUT2D eigenvalue weighted by Crippen LogP contribution is -2.16. The number of ether oxygens (including phenoxy) is 1. The van der Waals surface area contributed by atoms with Gasteiger partial charge in [0.15, 0.2) is 0 Å². The predicted octanol–water partition coefficient (Wildman–Crippen LogP) is 1.51. The van der Waals surface area contributed by atoms with Crippen LogP contribution in [-0.2, 0) is 4.79 Å². The molecule has 0 radical (unpaired) electrons. The van der Waals surface area contributed by atoms with Gasteiger partial charge in [0.25, 0.3) is 11.3 Å². The number of nitrogens with zero attached hydrogens (tertiary/aromatic N) is 4. The van der Waals surface area contributed by atoms with E-state index in [9.17, 15) is 9.59 Å². The van der Waals surface area contributed by atoms with Gasteiger partial charge in [0, 0.05) is 5.69 Å². The van der Waals surface area contributed by atoms with Crippen molar-refractivity contribution in [3.8, 4) is 5.75 Å². The molecule has 0 bridgehead atoms. The topological polar surface area (TPSA) is 114 Å². The second-order valence-corrected chi connectivity index (χ2v) is 6.29. The number of methoxy groups -OCH3 is 1. The summed E-state index contributed by atoms with van der Waals surface area (Å²) in [5, 5.41) is 15.4. The molecule has 0 spiro atoms. The fourth-order valence-corrected chi connectivity index (χ4v) is 2.92. The van der Waals surface area contributed by atoms with Crippen molar-refractivity contribution in [3.63, 3.8) is 0 Å². The first kappa shape index (κ1) is 17.2. The second kappa shape index (κ2) is 7.11. The van der Waals surface area contributed by atoms with E-state index >= 15 is 0 Å². The molecule has 25 heavy (non-hydrogen) atoms. The van der Waals surface area contributed by atoms with Gasteiger partial charge in [0.1, 0.15) is 11.4 Å². The average molecular weight is 381 g/mol. The van der Waals surface area contributed by atoms with E-state index in [4.69, 9.17) is 16.3 Å². The maximum absolute atomic E-state index is 12.1. The molecule has 0 aliphatic carbocycles. The van der Waals surface area contributed by atoms with E-state index in [0.29, 0.717) is 21.6 Å². The van der Waals surface area contributed by atoms with Crippen LogP contribution in [0.4, 0.5) is 5.69 Å². The third-order valence-corrected chi connectivity index (χ3v) is 4.40. The number of aromatic nitrogens is 5. The van der Waals surface area contributed by atoms with Gasteiger partial charge in [-0.3, -0.25) is 14.6 Å². The highest BCUT2D eigenvalue weighted by atomic mass is 35.5. The number of hydrogen-bond donors (Lipinski definition) is 2. The summed E-state index contributed by atoms with van der Waals surface area (Å²) in [6.45, 7) is 1.58. The minimum Gasteiger partial charge on any atom is -0.495 e. The fourth-order valence-electron chi connectivity index (χ4n) is 1.98. The maximum atomic E-state index is 12.1. The van der Waals surface area contributed by atoms with E-state index < -0.39 is 0 Å². The molecule has 3 rings (SSSR count). The zero-order chi connectivity index (χ0) is 18.0. The number of hydrogen-bond acceptors (Lipinski definition) is 7. The zero-order valence-corrected chi connectivity index (χ0v) is 14.8. The van der Waals surface area contributed by atoms with Gasteiger partial charge in [-0.25, -0.2) is 0 Å². The van der Waals surface area contributed by atoms with Gasteiger partial charge in [-0.15, -0.1) is 10.2 Å². The van der Waals surface area contributed by atoms with Crippen LogP contribution in [0.1, 0.15) is 5.69 Å². The number of amides is 1. The molecule has 11 heteroatoms. The Morgan fingerprint density at radius 3 is 2.96 bits per heavy atom. The van der Waals surface area contributed by atoms with Crippen LogP contribution in [0.25, 0.3) is 5.78 Å². The number of thioether (sulfide) groups is 1. The molecule has 0 saturated carbocycles. The van der Waals surface area contributed by atoms with Crippen molar-refractivity contribution in [1.82, 2.24) is 24.8 Å². The third kappa shape index (κ3) is 3.74. The Hall–Kier alpha value is -2.59. The molecular weight excluding hydrogens is 368 g/mol. The summed E-state index contributed by atoms with van der Waals surface area (Å²) < 4.78 is 6.45. The number of rotatable bonds is 5. The van der Waals surface area contributed by atoms with Gasteiger partial charge < -0.3 is 10.1 Å². The molecule has 3 aromatic rings. The molecule has 2 aromatic heterocycles. The summed E-state index contributed by atoms with van der Waals surface area (Å²) in [6.07, 6.45) is 0. The highest BCUT2D eigenvalue weighted by Gasteiger charge is 2.12. The standard InChI is InChI=1S/C14H13ClN6O3S/c1-7-12(23)17-13-18-19-14(21(13)20-7)25-6-11(22)16-8-3-4-10(24-2)9(15)5-8/h3-5H,6H2,1-2H3,(H,16,22)(H,17,18,23). The summed E-state index contributed by atoms with van der Waals surface area (Å²) in [4.78, 5) is 26.1. The van der Waals surface area contributed by atoms with Crippen molar-refractivity contribution >= 4 is 40.7 Å². The first-order valence-corrected chi connectivity index (χ1v) is 8.43. The molecule has 9 nitrogen and oxygen atoms in total. The summed E-state index contributed by atoms with van der Waals surface area (Å²) >= 11 is 7.17. The SMILES string of the molecule is COc1ccc(NC(=O)CSc2nnc3[nH]c(=O)c(C)nn23)cc1Cl. The molecule has 0 aliphatic heterocycles. The highest BCUT2D eigenvalue weighted by molar-refractivity contribution is 7.99. The summed E-state index contributed by atoms with van der Waals surface area (Å²) in [5.41, 5.74) is 0.512. The van der Waals surface area contributed by atoms with E-state index in [1.807, 2.05) is 0 Å². The van der Waals surface area contributed by atoms with Crippen LogP contribution < -0.4 is 15.6 Å². The number of H-pyrrole nitrogens is 1. The van der Waals surface area contributed by atoms with Crippen molar-refractivity contribution in [2.45, 2.75) is 12.1 Å². The molecule has 0 unspecified atom stereocenters. The van der Waals surface area contributed by atoms with Crippen LogP contribution >= 0.6 is 23.4 Å². The van der Waals surface area contributed by atoms with Gasteiger partial charge in [-0.05, 0) is 25.1 Å². The Morgan fingerprint density at radius 2 is 2.24 bits per heavy atom. The lowest BCUT2D eigenvalue weighted by Gasteiger charge is -2.07. The normalized spacial score (nSPS) is 10.8. The molecule has 0 atom stereocenters. The quantitative estimate of drug-likeness (QED) is 0.645. The molecule has 0 fully saturated rings. The number of carbonyl (C=O) groups is 1. The summed E-state index contributed by atoms with van der Waals surface area (Å²) in [5.74, 6) is 0.591. The van der Waals surface area contributed by atoms with Crippen LogP contribution in [0.5, 0.6) is 5.75 Å². The van der Waals surface area contributed by atoms with Crippen molar-refractivity contribution in [2.24, 2.45) is 0 Å². The Bertz CT molecular complexity index is 1000. The Balaban J connectivity index is 1.67. The van der Waals surface area contributed by atoms with Gasteiger partial charge >= 0.3 is 0 Å². The monoisotopic (exact) mass is 380 g/mol. The number of benzene rings is 1. The molecule has 0 saturated heterocycles. The number of anilines is 1. The number of carbonyl (C=O) groups excluding carboxylic acids is 1. The maximum Gasteiger partial charge on any atom is 0.273 e. The Morgan fingerprint density at radius 1 is 1.44 bits per heavy atom. The van der Waals surface area contributed by atoms with Crippen LogP contribution in [0.15, 0.2) is 28.2 Å². The molecule has 1 aromatic carbocycles. The molecule has 130 valence electrons. The molecule has 2 heterocycles. The minimum absolute atomic E-state index is 0.0876. The van der Waals surface area contributed by atoms with Gasteiger partial charge in [0.05, 0.1) is 17.9 Å². The predicted molar refractivity (Wildman–Crippen MR) is 93.5 cm³/mol. The lowest BCUT2D eigenvalue weighted by atomic mass is 10.3. The van der Waals surface area contributed by atoms with Crippen molar-refractivity contribution in [2.75, 3.05) is 18.2 Å². The van der Waals surface area contributed by atoms with E-state index in [1.54, 1.807) is 25.1 Å². The number of aromatic amines is 1. The average Bonchev–Trinajstić information content (AvgIpc) is 2.95. The summed E-state index contributed by atoms with van der Waals surface area (Å²) in [6, 6.07) is 4.96. The molecule has 2 N–H and O–H groups in total. The van der Waals surface area contributed by atoms with Crippen LogP contribution in [-0.4, -0.2) is 43.6 Å². The fraction of sp³-hybridized carbons (Fsp3) is 0.214. The zero-order valence-electron chi connectivity index (χ0n) is 13.2. The van der Waals surface area contributed by atoms with E-state index in [0.717, 1.165) is 11.8 Å². The summed E-state index contributed by atoms with van der Waals surface area (Å²) in [7, 11) is 1.52. The lowest BCUT2D eigenvalue weighted by molar-refractivity contribution is -0.113. The van der Waals surface area contributed by atoms with Crippen LogP contribution in [0.2, 0.25) is 5.02 Å². The molecule has 0 aliphatic rings. The van der Waals surface area contributed by atoms with E-state index in [-0.39, 0.29) is 28.7 Å². The first-order chi connectivity index (χ1) is 12.0. The van der Waals surface area contributed by atoms with Crippen molar-refractivity contribution < 1.29 is 9.53 Å². The Kier molecular flexibility index (Phi) is 4.91. The Labute approximate surface area is 150 Å². The van der Waals surface area contributed by atoms with E-state index in [1.165, 1.54) is 11.6 Å². The van der Waals surface area contributed by atoms with Crippen LogP contribution in [0.3, 0.4) is 0 Å². The largest absolute Gasteiger partial charge is 0.495 e. The third-order valence-electron chi connectivity index (χ3n) is 3.18. The van der Waals surface area contributed by atoms with Gasteiger partial charge in [-0.2, -0.15) is 9.61 Å². The first-order valence-electron chi connectivity index (χ1n) is 7.06. The number of nitrogens with one attached hydrogen (secondary N) is 2. The van der Waals surface area contributed by atoms with Gasteiger partial charge in [-0.1, -0.05) is 23.4 Å². The number of fused-ring (bicyclic) bond motifs is 1. The molecule has 1 amide bonds. The van der Waals surface area contributed by atoms with E-state index in [2.05, 4.69) is 25.6 Å². The van der Waals surface area contributed by atoms with Gasteiger partial charge in [0.2, 0.25) is 11.1 Å². The molecular formula is C14H13ClN6O3S. The van der Waals surface area contributed by atoms with Crippen molar-refractivity contribution in [1.29, 1.82) is 0 Å². The smallest absolute Gasteiger partial charge is 0.273 e. The highest BCUT2D eigenvalue weighted by Crippen LogP contribution is 2.27. The number of halogens is 1. The van der Waals surface area contributed by atoms with Crippen LogP contribution in [0, 0.1) is 6.92 Å². The number of aryl methyl sites for hydroxylation is 1. The second-order valence-electron chi connectivity index (χ2n) is 4.94. The minimum atomic E-state index is -0.328.